The summed E-state index contributed by atoms with van der Waals surface area (Å²) in [7, 11) is 3.18. The molecule has 1 saturated heterocycles. The van der Waals surface area contributed by atoms with Crippen molar-refractivity contribution in [3.8, 4) is 17.4 Å². The minimum atomic E-state index is -0.781. The quantitative estimate of drug-likeness (QED) is 0.427. The molecule has 4 rings (SSSR count). The molecule has 0 saturated carbocycles. The number of methoxy groups -OCH3 is 1. The number of anilines is 1. The zero-order valence-corrected chi connectivity index (χ0v) is 16.8. The van der Waals surface area contributed by atoms with Crippen LogP contribution in [0.2, 0.25) is 0 Å². The van der Waals surface area contributed by atoms with Crippen LogP contribution in [-0.2, 0) is 16.1 Å². The number of halogens is 1. The van der Waals surface area contributed by atoms with Crippen molar-refractivity contribution in [2.45, 2.75) is 19.0 Å². The van der Waals surface area contributed by atoms with Gasteiger partial charge < -0.3 is 14.4 Å². The summed E-state index contributed by atoms with van der Waals surface area (Å²) in [5.41, 5.74) is 1.08. The highest BCUT2D eigenvalue weighted by atomic mass is 19.1. The molecular formula is C21H19FN4O5. The first-order valence-corrected chi connectivity index (χ1v) is 9.44. The van der Waals surface area contributed by atoms with E-state index in [1.54, 1.807) is 43.3 Å². The zero-order chi connectivity index (χ0) is 22.1. The molecule has 2 amide bonds. The fourth-order valence-electron chi connectivity index (χ4n) is 3.49. The Morgan fingerprint density at radius 3 is 2.55 bits per heavy atom. The molecule has 0 aliphatic carbocycles. The Labute approximate surface area is 176 Å². The van der Waals surface area contributed by atoms with Crippen LogP contribution in [0, 0.1) is 5.82 Å². The molecule has 0 bridgehead atoms. The van der Waals surface area contributed by atoms with Gasteiger partial charge >= 0.3 is 0 Å². The van der Waals surface area contributed by atoms with Crippen molar-refractivity contribution in [2.24, 2.45) is 0 Å². The molecule has 1 aromatic heterocycles. The number of benzene rings is 2. The molecule has 1 aliphatic heterocycles. The van der Waals surface area contributed by atoms with Crippen LogP contribution in [0.4, 0.5) is 10.1 Å². The third-order valence-corrected chi connectivity index (χ3v) is 5.15. The van der Waals surface area contributed by atoms with Gasteiger partial charge in [0.2, 0.25) is 11.6 Å². The maximum atomic E-state index is 13.2. The smallest absolute Gasteiger partial charge is 0.254 e. The van der Waals surface area contributed by atoms with Crippen LogP contribution in [0.3, 0.4) is 0 Å². The number of carbonyl (C=O) groups is 2. The van der Waals surface area contributed by atoms with Crippen molar-refractivity contribution >= 4 is 17.5 Å². The summed E-state index contributed by atoms with van der Waals surface area (Å²) in [5.74, 6) is -1.31. The predicted octanol–water partition coefficient (Wildman–Crippen LogP) is 0.936. The molecule has 1 fully saturated rings. The number of rotatable bonds is 6. The fourth-order valence-corrected chi connectivity index (χ4v) is 3.49. The van der Waals surface area contributed by atoms with Gasteiger partial charge in [0, 0.05) is 12.1 Å². The first-order chi connectivity index (χ1) is 14.9. The number of imide groups is 1. The number of carbonyl (C=O) groups excluding carboxylic acids is 2. The SMILES string of the molecule is COc1ccc(-[n+]2noc([O-])c2CN(C)C2CC(=O)N(c3ccc(F)cc3)C2=O)cc1. The molecule has 1 aliphatic rings. The Balaban J connectivity index is 1.55. The van der Waals surface area contributed by atoms with E-state index < -0.39 is 29.6 Å². The molecule has 1 atom stereocenters. The highest BCUT2D eigenvalue weighted by Crippen LogP contribution is 2.26. The molecule has 2 aromatic carbocycles. The summed E-state index contributed by atoms with van der Waals surface area (Å²) in [6.45, 7) is 0.0231. The average Bonchev–Trinajstić information content (AvgIpc) is 3.28. The second kappa shape index (κ2) is 8.15. The van der Waals surface area contributed by atoms with Crippen LogP contribution in [0.1, 0.15) is 12.1 Å². The number of hydrogen-bond donors (Lipinski definition) is 0. The third kappa shape index (κ3) is 3.84. The molecule has 1 unspecified atom stereocenters. The lowest BCUT2D eigenvalue weighted by Gasteiger charge is -2.21. The lowest BCUT2D eigenvalue weighted by atomic mass is 10.2. The van der Waals surface area contributed by atoms with E-state index in [1.807, 2.05) is 0 Å². The van der Waals surface area contributed by atoms with Crippen LogP contribution in [0.5, 0.6) is 11.7 Å². The van der Waals surface area contributed by atoms with Crippen molar-refractivity contribution in [2.75, 3.05) is 19.1 Å². The standard InChI is InChI=1S/C21H19FN4O5/c1-24(17-11-19(27)25(20(17)28)14-5-3-13(22)4-6-14)12-18-21(29)31-23-26(18)15-7-9-16(30-2)10-8-15/h3-10,17H,11-12H2,1-2H3. The van der Waals surface area contributed by atoms with Gasteiger partial charge in [-0.2, -0.15) is 0 Å². The highest BCUT2D eigenvalue weighted by molar-refractivity contribution is 6.22. The second-order valence-electron chi connectivity index (χ2n) is 7.10. The molecule has 9 nitrogen and oxygen atoms in total. The summed E-state index contributed by atoms with van der Waals surface area (Å²) in [6.07, 6.45) is -0.0608. The van der Waals surface area contributed by atoms with Gasteiger partial charge in [-0.1, -0.05) is 0 Å². The first-order valence-electron chi connectivity index (χ1n) is 9.44. The molecule has 31 heavy (non-hydrogen) atoms. The summed E-state index contributed by atoms with van der Waals surface area (Å²) in [4.78, 5) is 28.0. The summed E-state index contributed by atoms with van der Waals surface area (Å²) in [5, 5.41) is 16.0. The predicted molar refractivity (Wildman–Crippen MR) is 103 cm³/mol. The minimum Gasteiger partial charge on any atom is -0.539 e. The molecule has 160 valence electrons. The number of ether oxygens (including phenoxy) is 1. The first kappa shape index (κ1) is 20.5. The average molecular weight is 426 g/mol. The number of hydrogen-bond acceptors (Lipinski definition) is 7. The molecule has 0 N–H and O–H groups in total. The molecule has 0 spiro atoms. The topological polar surface area (TPSA) is 103 Å². The lowest BCUT2D eigenvalue weighted by molar-refractivity contribution is -0.678. The summed E-state index contributed by atoms with van der Waals surface area (Å²) < 4.78 is 24.5. The maximum absolute atomic E-state index is 13.2. The van der Waals surface area contributed by atoms with Gasteiger partial charge in [-0.05, 0) is 48.1 Å². The zero-order valence-electron chi connectivity index (χ0n) is 16.8. The highest BCUT2D eigenvalue weighted by Gasteiger charge is 2.42. The van der Waals surface area contributed by atoms with Gasteiger partial charge in [-0.15, -0.1) is 0 Å². The Kier molecular flexibility index (Phi) is 5.38. The van der Waals surface area contributed by atoms with Gasteiger partial charge in [0.25, 0.3) is 11.6 Å². The Morgan fingerprint density at radius 2 is 1.90 bits per heavy atom. The van der Waals surface area contributed by atoms with Crippen molar-refractivity contribution < 1.29 is 33.0 Å². The second-order valence-corrected chi connectivity index (χ2v) is 7.10. The summed E-state index contributed by atoms with van der Waals surface area (Å²) >= 11 is 0. The fraction of sp³-hybridized carbons (Fsp3) is 0.238. The largest absolute Gasteiger partial charge is 0.539 e. The Hall–Kier alpha value is -3.79. The number of amides is 2. The van der Waals surface area contributed by atoms with Crippen molar-refractivity contribution in [3.05, 3.63) is 60.0 Å². The Morgan fingerprint density at radius 1 is 1.23 bits per heavy atom. The van der Waals surface area contributed by atoms with Crippen molar-refractivity contribution in [3.63, 3.8) is 0 Å². The number of aromatic nitrogens is 2. The van der Waals surface area contributed by atoms with Crippen LogP contribution < -0.4 is 19.4 Å². The van der Waals surface area contributed by atoms with Gasteiger partial charge in [-0.3, -0.25) is 14.5 Å². The summed E-state index contributed by atoms with van der Waals surface area (Å²) in [6, 6.07) is 11.2. The van der Waals surface area contributed by atoms with E-state index in [9.17, 15) is 19.1 Å². The van der Waals surface area contributed by atoms with Gasteiger partial charge in [-0.25, -0.2) is 9.29 Å². The molecule has 3 aromatic rings. The molecular weight excluding hydrogens is 407 g/mol. The normalized spacial score (nSPS) is 16.4. The lowest BCUT2D eigenvalue weighted by Crippen LogP contribution is -2.44. The van der Waals surface area contributed by atoms with E-state index in [0.29, 0.717) is 17.1 Å². The van der Waals surface area contributed by atoms with Crippen LogP contribution in [0.25, 0.3) is 5.69 Å². The van der Waals surface area contributed by atoms with Crippen LogP contribution in [-0.4, -0.2) is 42.2 Å². The monoisotopic (exact) mass is 426 g/mol. The van der Waals surface area contributed by atoms with E-state index in [1.165, 1.54) is 28.9 Å². The van der Waals surface area contributed by atoms with E-state index >= 15 is 0 Å². The molecule has 2 heterocycles. The maximum Gasteiger partial charge on any atom is 0.254 e. The number of likely N-dealkylation sites (N-methyl/N-ethyl adjacent to an activating group) is 1. The van der Waals surface area contributed by atoms with Crippen LogP contribution in [0.15, 0.2) is 53.1 Å². The van der Waals surface area contributed by atoms with E-state index in [0.717, 1.165) is 4.90 Å². The molecule has 10 heteroatoms. The Bertz CT molecular complexity index is 1110. The molecule has 0 radical (unpaired) electrons. The van der Waals surface area contributed by atoms with Gasteiger partial charge in [0.1, 0.15) is 11.6 Å². The van der Waals surface area contributed by atoms with Crippen LogP contribution >= 0.6 is 0 Å². The van der Waals surface area contributed by atoms with Crippen molar-refractivity contribution in [1.82, 2.24) is 10.2 Å². The van der Waals surface area contributed by atoms with E-state index in [-0.39, 0.29) is 18.7 Å². The van der Waals surface area contributed by atoms with Gasteiger partial charge in [0.15, 0.2) is 5.95 Å². The third-order valence-electron chi connectivity index (χ3n) is 5.15. The van der Waals surface area contributed by atoms with Crippen molar-refractivity contribution in [1.29, 1.82) is 0 Å². The minimum absolute atomic E-state index is 0.0231. The van der Waals surface area contributed by atoms with Gasteiger partial charge in [0.05, 0.1) is 37.1 Å². The van der Waals surface area contributed by atoms with E-state index in [4.69, 9.17) is 9.26 Å². The number of nitrogens with zero attached hydrogens (tertiary/aromatic N) is 4. The van der Waals surface area contributed by atoms with E-state index in [2.05, 4.69) is 5.27 Å².